The van der Waals surface area contributed by atoms with Crippen LogP contribution in [0, 0.1) is 5.92 Å². The molecule has 1 aromatic carbocycles. The van der Waals surface area contributed by atoms with Gasteiger partial charge in [0.2, 0.25) is 5.78 Å². The highest BCUT2D eigenvalue weighted by atomic mass is 19.1. The molecule has 0 aliphatic carbocycles. The number of phenols is 1. The van der Waals surface area contributed by atoms with Crippen LogP contribution in [-0.4, -0.2) is 52.4 Å². The quantitative estimate of drug-likeness (QED) is 0.541. The molecular formula is C20H24FNO6. The molecule has 0 saturated heterocycles. The van der Waals surface area contributed by atoms with Gasteiger partial charge in [-0.05, 0) is 31.1 Å². The summed E-state index contributed by atoms with van der Waals surface area (Å²) in [6, 6.07) is 2.96. The Kier molecular flexibility index (Phi) is 6.93. The van der Waals surface area contributed by atoms with Gasteiger partial charge in [-0.1, -0.05) is 19.1 Å². The number of aliphatic hydroxyl groups is 2. The van der Waals surface area contributed by atoms with Gasteiger partial charge in [0.15, 0.2) is 5.83 Å². The van der Waals surface area contributed by atoms with Crippen LogP contribution in [0.15, 0.2) is 30.1 Å². The third kappa shape index (κ3) is 4.76. The number of aliphatic hydroxyl groups excluding tert-OH is 2. The van der Waals surface area contributed by atoms with Gasteiger partial charge in [0, 0.05) is 24.7 Å². The number of carbonyl (C=O) groups excluding carboxylic acids is 2. The van der Waals surface area contributed by atoms with Gasteiger partial charge in [0.05, 0.1) is 6.10 Å². The number of cyclic esters (lactones) is 1. The van der Waals surface area contributed by atoms with Gasteiger partial charge in [-0.3, -0.25) is 4.79 Å². The van der Waals surface area contributed by atoms with Crippen LogP contribution < -0.4 is 5.32 Å². The number of hydrogen-bond acceptors (Lipinski definition) is 7. The molecule has 0 aromatic heterocycles. The molecule has 0 amide bonds. The maximum absolute atomic E-state index is 14.1. The number of halogens is 1. The summed E-state index contributed by atoms with van der Waals surface area (Å²) < 4.78 is 19.4. The van der Waals surface area contributed by atoms with Gasteiger partial charge in [-0.15, -0.1) is 0 Å². The van der Waals surface area contributed by atoms with E-state index in [4.69, 9.17) is 4.74 Å². The summed E-state index contributed by atoms with van der Waals surface area (Å²) >= 11 is 0. The first-order chi connectivity index (χ1) is 13.1. The highest BCUT2D eigenvalue weighted by Crippen LogP contribution is 2.30. The van der Waals surface area contributed by atoms with Crippen LogP contribution in [-0.2, 0) is 9.53 Å². The van der Waals surface area contributed by atoms with E-state index in [1.807, 2.05) is 0 Å². The second kappa shape index (κ2) is 8.99. The molecule has 1 aromatic rings. The minimum absolute atomic E-state index is 0.0816. The van der Waals surface area contributed by atoms with E-state index >= 15 is 0 Å². The van der Waals surface area contributed by atoms with Crippen LogP contribution in [0.4, 0.5) is 10.1 Å². The Balaban J connectivity index is 2.54. The summed E-state index contributed by atoms with van der Waals surface area (Å²) in [5.74, 6) is -4.26. The average Bonchev–Trinajstić information content (AvgIpc) is 2.65. The smallest absolute Gasteiger partial charge is 0.342 e. The predicted octanol–water partition coefficient (Wildman–Crippen LogP) is 2.18. The Morgan fingerprint density at radius 1 is 1.21 bits per heavy atom. The lowest BCUT2D eigenvalue weighted by Crippen LogP contribution is -2.34. The van der Waals surface area contributed by atoms with E-state index in [1.54, 1.807) is 13.1 Å². The van der Waals surface area contributed by atoms with Crippen molar-refractivity contribution >= 4 is 23.5 Å². The standard InChI is InChI=1S/C20H24FNO6/c1-10-7-14(21)18(25)19(26)15(23)6-4-5-12-8-13(22-3)9-16(24)17(12)20(27)28-11(10)2/h4-5,7-11,15,19,22-24,26H,6H2,1-3H3/b5-4+,14-7+/t10-,11+,15+,19?/m1/s1. The molecule has 1 heterocycles. The fraction of sp³-hybridized carbons (Fsp3) is 0.400. The van der Waals surface area contributed by atoms with Crippen LogP contribution in [0.1, 0.15) is 36.2 Å². The highest BCUT2D eigenvalue weighted by molar-refractivity contribution is 5.98. The number of ketones is 1. The first-order valence-corrected chi connectivity index (χ1v) is 8.85. The molecule has 0 spiro atoms. The van der Waals surface area contributed by atoms with E-state index in [-0.39, 0.29) is 17.7 Å². The van der Waals surface area contributed by atoms with Crippen molar-refractivity contribution in [1.29, 1.82) is 0 Å². The number of anilines is 1. The third-order valence-electron chi connectivity index (χ3n) is 4.63. The van der Waals surface area contributed by atoms with Crippen molar-refractivity contribution in [3.8, 4) is 5.75 Å². The topological polar surface area (TPSA) is 116 Å². The number of aromatic hydroxyl groups is 1. The zero-order valence-electron chi connectivity index (χ0n) is 15.8. The molecule has 2 rings (SSSR count). The number of carbonyl (C=O) groups is 2. The lowest BCUT2D eigenvalue weighted by atomic mass is 9.99. The number of Topliss-reactive ketones (excluding diaryl/α,β-unsaturated/α-hetero) is 1. The summed E-state index contributed by atoms with van der Waals surface area (Å²) in [6.07, 6.45) is -0.667. The van der Waals surface area contributed by atoms with Gasteiger partial charge >= 0.3 is 5.97 Å². The summed E-state index contributed by atoms with van der Waals surface area (Å²) in [4.78, 5) is 24.5. The minimum Gasteiger partial charge on any atom is -0.507 e. The average molecular weight is 393 g/mol. The SMILES string of the molecule is CNc1cc(O)c2c(c1)/C=C/C[C@H](O)C(O)C(=O)/C(F)=C\[C@@H](C)[C@H](C)OC2=O. The van der Waals surface area contributed by atoms with E-state index in [0.29, 0.717) is 11.3 Å². The first-order valence-electron chi connectivity index (χ1n) is 8.85. The fourth-order valence-corrected chi connectivity index (χ4v) is 2.71. The van der Waals surface area contributed by atoms with Crippen LogP contribution in [0.3, 0.4) is 0 Å². The minimum atomic E-state index is -1.93. The van der Waals surface area contributed by atoms with Crippen LogP contribution >= 0.6 is 0 Å². The number of esters is 1. The molecule has 0 fully saturated rings. The van der Waals surface area contributed by atoms with Gasteiger partial charge in [-0.2, -0.15) is 0 Å². The molecule has 152 valence electrons. The number of hydrogen-bond donors (Lipinski definition) is 4. The molecule has 4 N–H and O–H groups in total. The van der Waals surface area contributed by atoms with E-state index in [2.05, 4.69) is 5.32 Å². The van der Waals surface area contributed by atoms with Crippen molar-refractivity contribution < 1.29 is 34.0 Å². The lowest BCUT2D eigenvalue weighted by Gasteiger charge is -2.20. The van der Waals surface area contributed by atoms with E-state index in [9.17, 15) is 29.3 Å². The molecule has 8 heteroatoms. The summed E-state index contributed by atoms with van der Waals surface area (Å²) in [5, 5.41) is 33.0. The molecule has 1 aliphatic heterocycles. The predicted molar refractivity (Wildman–Crippen MR) is 102 cm³/mol. The highest BCUT2D eigenvalue weighted by Gasteiger charge is 2.29. The number of benzene rings is 1. The van der Waals surface area contributed by atoms with Gasteiger partial charge < -0.3 is 25.4 Å². The van der Waals surface area contributed by atoms with E-state index in [0.717, 1.165) is 6.08 Å². The Bertz CT molecular complexity index is 819. The zero-order valence-corrected chi connectivity index (χ0v) is 15.8. The Labute approximate surface area is 162 Å². The van der Waals surface area contributed by atoms with Crippen molar-refractivity contribution in [2.24, 2.45) is 5.92 Å². The Morgan fingerprint density at radius 3 is 2.54 bits per heavy atom. The number of rotatable bonds is 1. The Hall–Kier alpha value is -2.71. The molecule has 0 bridgehead atoms. The number of nitrogens with one attached hydrogen (secondary N) is 1. The molecule has 7 nitrogen and oxygen atoms in total. The first kappa shape index (κ1) is 21.6. The normalized spacial score (nSPS) is 29.7. The van der Waals surface area contributed by atoms with Crippen molar-refractivity contribution in [2.75, 3.05) is 12.4 Å². The van der Waals surface area contributed by atoms with E-state index in [1.165, 1.54) is 32.1 Å². The van der Waals surface area contributed by atoms with Crippen molar-refractivity contribution in [2.45, 2.75) is 38.6 Å². The maximum Gasteiger partial charge on any atom is 0.342 e. The molecule has 4 atom stereocenters. The van der Waals surface area contributed by atoms with Crippen LogP contribution in [0.5, 0.6) is 5.75 Å². The van der Waals surface area contributed by atoms with E-state index < -0.39 is 41.8 Å². The fourth-order valence-electron chi connectivity index (χ4n) is 2.71. The number of phenolic OH excluding ortho intramolecular Hbond substituents is 1. The van der Waals surface area contributed by atoms with Crippen LogP contribution in [0.2, 0.25) is 0 Å². The monoisotopic (exact) mass is 393 g/mol. The molecule has 1 unspecified atom stereocenters. The van der Waals surface area contributed by atoms with Crippen molar-refractivity contribution in [1.82, 2.24) is 0 Å². The molecule has 0 radical (unpaired) electrons. The van der Waals surface area contributed by atoms with Gasteiger partial charge in [0.1, 0.15) is 23.5 Å². The number of fused-ring (bicyclic) bond motifs is 1. The van der Waals surface area contributed by atoms with Gasteiger partial charge in [-0.25, -0.2) is 9.18 Å². The second-order valence-corrected chi connectivity index (χ2v) is 6.71. The Morgan fingerprint density at radius 2 is 1.89 bits per heavy atom. The molecule has 1 aliphatic rings. The molecule has 28 heavy (non-hydrogen) atoms. The lowest BCUT2D eigenvalue weighted by molar-refractivity contribution is -0.130. The second-order valence-electron chi connectivity index (χ2n) is 6.71. The summed E-state index contributed by atoms with van der Waals surface area (Å²) in [7, 11) is 1.64. The van der Waals surface area contributed by atoms with Crippen molar-refractivity contribution in [3.05, 3.63) is 41.2 Å². The number of ether oxygens (including phenoxy) is 1. The van der Waals surface area contributed by atoms with Crippen molar-refractivity contribution in [3.63, 3.8) is 0 Å². The third-order valence-corrected chi connectivity index (χ3v) is 4.63. The maximum atomic E-state index is 14.1. The van der Waals surface area contributed by atoms with Gasteiger partial charge in [0.25, 0.3) is 0 Å². The zero-order chi connectivity index (χ0) is 21.0. The largest absolute Gasteiger partial charge is 0.507 e. The van der Waals surface area contributed by atoms with Crippen LogP contribution in [0.25, 0.3) is 6.08 Å². The molecular weight excluding hydrogens is 369 g/mol. The molecule has 0 saturated carbocycles. The summed E-state index contributed by atoms with van der Waals surface area (Å²) in [6.45, 7) is 3.05. The summed E-state index contributed by atoms with van der Waals surface area (Å²) in [5.41, 5.74) is 0.778.